The summed E-state index contributed by atoms with van der Waals surface area (Å²) in [4.78, 5) is 19.9. The van der Waals surface area contributed by atoms with Gasteiger partial charge in [0.1, 0.15) is 5.75 Å². The zero-order chi connectivity index (χ0) is 16.7. The van der Waals surface area contributed by atoms with E-state index in [1.807, 2.05) is 0 Å². The van der Waals surface area contributed by atoms with Crippen LogP contribution in [0.1, 0.15) is 20.3 Å². The van der Waals surface area contributed by atoms with Crippen molar-refractivity contribution in [2.75, 3.05) is 17.2 Å². The summed E-state index contributed by atoms with van der Waals surface area (Å²) < 4.78 is 5.72. The number of carbonyl (C=O) groups excluding carboxylic acids is 1. The predicted molar refractivity (Wildman–Crippen MR) is 91.1 cm³/mol. The molecule has 0 aliphatic heterocycles. The van der Waals surface area contributed by atoms with E-state index in [9.17, 15) is 4.79 Å². The van der Waals surface area contributed by atoms with Crippen molar-refractivity contribution in [3.05, 3.63) is 41.8 Å². The average Bonchev–Trinajstić information content (AvgIpc) is 2.50. The van der Waals surface area contributed by atoms with Crippen molar-refractivity contribution in [3.8, 4) is 5.75 Å². The number of halogens is 1. The first-order chi connectivity index (χ1) is 11.0. The number of anilines is 2. The van der Waals surface area contributed by atoms with E-state index in [0.717, 1.165) is 6.42 Å². The molecular formula is C16H19ClN4O2. The molecule has 1 heterocycles. The quantitative estimate of drug-likeness (QED) is 0.830. The summed E-state index contributed by atoms with van der Waals surface area (Å²) in [6.45, 7) is 4.82. The number of nitrogens with one attached hydrogen (secondary N) is 2. The van der Waals surface area contributed by atoms with Gasteiger partial charge in [-0.15, -0.1) is 0 Å². The minimum absolute atomic E-state index is 0.356. The van der Waals surface area contributed by atoms with Gasteiger partial charge >= 0.3 is 6.03 Å². The highest BCUT2D eigenvalue weighted by Crippen LogP contribution is 2.28. The molecule has 23 heavy (non-hydrogen) atoms. The van der Waals surface area contributed by atoms with Crippen molar-refractivity contribution in [3.63, 3.8) is 0 Å². The van der Waals surface area contributed by atoms with E-state index in [1.54, 1.807) is 18.2 Å². The number of nitrogens with zero attached hydrogens (tertiary/aromatic N) is 2. The van der Waals surface area contributed by atoms with Gasteiger partial charge in [0.15, 0.2) is 5.82 Å². The highest BCUT2D eigenvalue weighted by molar-refractivity contribution is 6.31. The van der Waals surface area contributed by atoms with Crippen LogP contribution in [-0.2, 0) is 0 Å². The van der Waals surface area contributed by atoms with Gasteiger partial charge in [-0.2, -0.15) is 0 Å². The van der Waals surface area contributed by atoms with E-state index in [0.29, 0.717) is 34.8 Å². The van der Waals surface area contributed by atoms with Crippen LogP contribution in [0.3, 0.4) is 0 Å². The second-order valence-electron chi connectivity index (χ2n) is 5.34. The van der Waals surface area contributed by atoms with Crippen molar-refractivity contribution in [1.82, 2.24) is 9.97 Å². The highest BCUT2D eigenvalue weighted by Gasteiger charge is 2.10. The van der Waals surface area contributed by atoms with Gasteiger partial charge in [-0.3, -0.25) is 10.3 Å². The van der Waals surface area contributed by atoms with Gasteiger partial charge in [-0.25, -0.2) is 9.78 Å². The van der Waals surface area contributed by atoms with E-state index >= 15 is 0 Å². The van der Waals surface area contributed by atoms with E-state index < -0.39 is 6.03 Å². The van der Waals surface area contributed by atoms with Crippen molar-refractivity contribution < 1.29 is 9.53 Å². The molecule has 0 unspecified atom stereocenters. The fourth-order valence-corrected chi connectivity index (χ4v) is 1.94. The molecule has 7 heteroatoms. The monoisotopic (exact) mass is 334 g/mol. The molecule has 6 nitrogen and oxygen atoms in total. The molecule has 0 atom stereocenters. The lowest BCUT2D eigenvalue weighted by Crippen LogP contribution is -2.20. The minimum atomic E-state index is -0.443. The Morgan fingerprint density at radius 1 is 1.30 bits per heavy atom. The van der Waals surface area contributed by atoms with Crippen molar-refractivity contribution in [2.24, 2.45) is 5.92 Å². The standard InChI is InChI=1S/C16H19ClN4O2/c1-11(2)5-8-23-14-4-3-12(17)9-13(14)20-16(22)21-15-10-18-6-7-19-15/h3-4,6-7,9-11H,5,8H2,1-2H3,(H2,19,20,21,22). The maximum absolute atomic E-state index is 12.0. The summed E-state index contributed by atoms with van der Waals surface area (Å²) in [6.07, 6.45) is 5.40. The number of carbonyl (C=O) groups is 1. The van der Waals surface area contributed by atoms with Gasteiger partial charge in [0.25, 0.3) is 0 Å². The third kappa shape index (κ3) is 5.75. The zero-order valence-electron chi connectivity index (χ0n) is 13.0. The molecule has 2 aromatic rings. The number of amides is 2. The van der Waals surface area contributed by atoms with Crippen LogP contribution in [0.4, 0.5) is 16.3 Å². The average molecular weight is 335 g/mol. The fraction of sp³-hybridized carbons (Fsp3) is 0.312. The van der Waals surface area contributed by atoms with Crippen LogP contribution >= 0.6 is 11.6 Å². The molecule has 0 aliphatic carbocycles. The van der Waals surface area contributed by atoms with Gasteiger partial charge in [-0.05, 0) is 30.5 Å². The maximum Gasteiger partial charge on any atom is 0.325 e. The first kappa shape index (κ1) is 17.0. The Labute approximate surface area is 140 Å². The van der Waals surface area contributed by atoms with Crippen molar-refractivity contribution >= 4 is 29.1 Å². The van der Waals surface area contributed by atoms with Crippen LogP contribution in [0, 0.1) is 5.92 Å². The second-order valence-corrected chi connectivity index (χ2v) is 5.78. The van der Waals surface area contributed by atoms with E-state index in [2.05, 4.69) is 34.4 Å². The van der Waals surface area contributed by atoms with Crippen molar-refractivity contribution in [2.45, 2.75) is 20.3 Å². The Bertz CT molecular complexity index is 650. The molecule has 2 amide bonds. The molecule has 1 aromatic heterocycles. The fourth-order valence-electron chi connectivity index (χ4n) is 1.76. The van der Waals surface area contributed by atoms with Crippen LogP contribution in [0.15, 0.2) is 36.8 Å². The third-order valence-electron chi connectivity index (χ3n) is 2.95. The number of aromatic nitrogens is 2. The Hall–Kier alpha value is -2.34. The molecule has 0 saturated carbocycles. The number of rotatable bonds is 6. The Morgan fingerprint density at radius 3 is 2.83 bits per heavy atom. The Balaban J connectivity index is 2.02. The van der Waals surface area contributed by atoms with Crippen LogP contribution in [0.2, 0.25) is 5.02 Å². The number of hydrogen-bond acceptors (Lipinski definition) is 4. The van der Waals surface area contributed by atoms with E-state index in [4.69, 9.17) is 16.3 Å². The first-order valence-electron chi connectivity index (χ1n) is 7.31. The number of ether oxygens (including phenoxy) is 1. The van der Waals surface area contributed by atoms with E-state index in [1.165, 1.54) is 18.6 Å². The Morgan fingerprint density at radius 2 is 2.13 bits per heavy atom. The molecule has 0 bridgehead atoms. The van der Waals surface area contributed by atoms with Gasteiger partial charge in [-0.1, -0.05) is 25.4 Å². The molecule has 1 aromatic carbocycles. The zero-order valence-corrected chi connectivity index (χ0v) is 13.8. The van der Waals surface area contributed by atoms with Gasteiger partial charge in [0, 0.05) is 17.4 Å². The molecule has 2 N–H and O–H groups in total. The highest BCUT2D eigenvalue weighted by atomic mass is 35.5. The summed E-state index contributed by atoms with van der Waals surface area (Å²) >= 11 is 6.00. The molecule has 0 radical (unpaired) electrons. The van der Waals surface area contributed by atoms with Gasteiger partial charge in [0.05, 0.1) is 18.5 Å². The number of benzene rings is 1. The van der Waals surface area contributed by atoms with Crippen LogP contribution in [0.25, 0.3) is 0 Å². The predicted octanol–water partition coefficient (Wildman–Crippen LogP) is 4.20. The summed E-state index contributed by atoms with van der Waals surface area (Å²) in [7, 11) is 0. The summed E-state index contributed by atoms with van der Waals surface area (Å²) in [5.41, 5.74) is 0.502. The molecule has 0 aliphatic rings. The maximum atomic E-state index is 12.0. The molecular weight excluding hydrogens is 316 g/mol. The minimum Gasteiger partial charge on any atom is -0.491 e. The van der Waals surface area contributed by atoms with Crippen LogP contribution in [-0.4, -0.2) is 22.6 Å². The smallest absolute Gasteiger partial charge is 0.325 e. The van der Waals surface area contributed by atoms with Crippen LogP contribution in [0.5, 0.6) is 5.75 Å². The summed E-state index contributed by atoms with van der Waals surface area (Å²) in [5, 5.41) is 5.81. The first-order valence-corrected chi connectivity index (χ1v) is 7.69. The van der Waals surface area contributed by atoms with Gasteiger partial charge < -0.3 is 10.1 Å². The van der Waals surface area contributed by atoms with Gasteiger partial charge in [0.2, 0.25) is 0 Å². The third-order valence-corrected chi connectivity index (χ3v) is 3.18. The number of hydrogen-bond donors (Lipinski definition) is 2. The molecule has 122 valence electrons. The van der Waals surface area contributed by atoms with Crippen molar-refractivity contribution in [1.29, 1.82) is 0 Å². The topological polar surface area (TPSA) is 76.1 Å². The summed E-state index contributed by atoms with van der Waals surface area (Å²) in [6, 6.07) is 4.66. The molecule has 0 spiro atoms. The normalized spacial score (nSPS) is 10.4. The lowest BCUT2D eigenvalue weighted by molar-refractivity contribution is 0.261. The number of urea groups is 1. The van der Waals surface area contributed by atoms with Crippen LogP contribution < -0.4 is 15.4 Å². The molecule has 0 fully saturated rings. The SMILES string of the molecule is CC(C)CCOc1ccc(Cl)cc1NC(=O)Nc1cnccn1. The molecule has 2 rings (SSSR count). The molecule has 0 saturated heterocycles. The largest absolute Gasteiger partial charge is 0.491 e. The summed E-state index contributed by atoms with van der Waals surface area (Å²) in [5.74, 6) is 1.47. The lowest BCUT2D eigenvalue weighted by Gasteiger charge is -2.14. The second kappa shape index (κ2) is 8.33. The van der Waals surface area contributed by atoms with E-state index in [-0.39, 0.29) is 0 Å². The Kier molecular flexibility index (Phi) is 6.17. The lowest BCUT2D eigenvalue weighted by atomic mass is 10.1.